The summed E-state index contributed by atoms with van der Waals surface area (Å²) in [6.45, 7) is 0. The number of aromatic amines is 1. The summed E-state index contributed by atoms with van der Waals surface area (Å²) in [5.41, 5.74) is 5.27. The number of aliphatic hydroxyl groups excluding tert-OH is 1. The van der Waals surface area contributed by atoms with Gasteiger partial charge in [0, 0.05) is 6.42 Å². The molecule has 23 heavy (non-hydrogen) atoms. The van der Waals surface area contributed by atoms with E-state index in [1.165, 1.54) is 10.9 Å². The minimum absolute atomic E-state index is 0.0661. The van der Waals surface area contributed by atoms with Crippen LogP contribution < -0.4 is 11.3 Å². The monoisotopic (exact) mass is 323 g/mol. The Morgan fingerprint density at radius 2 is 2.26 bits per heavy atom. The molecule has 0 aliphatic carbocycles. The Bertz CT molecular complexity index is 846. The van der Waals surface area contributed by atoms with E-state index < -0.39 is 42.2 Å². The van der Waals surface area contributed by atoms with Crippen LogP contribution >= 0.6 is 0 Å². The normalized spacial score (nSPS) is 33.2. The molecule has 0 aromatic carbocycles. The summed E-state index contributed by atoms with van der Waals surface area (Å²) < 4.78 is 12.4. The first-order chi connectivity index (χ1) is 11.0. The van der Waals surface area contributed by atoms with E-state index in [4.69, 9.17) is 20.3 Å². The summed E-state index contributed by atoms with van der Waals surface area (Å²) in [7, 11) is 0. The molecule has 0 saturated carbocycles. The number of anilines is 1. The number of hydrogen-bond donors (Lipinski definition) is 4. The minimum atomic E-state index is -1.12. The molecule has 122 valence electrons. The van der Waals surface area contributed by atoms with Crippen molar-refractivity contribution in [3.63, 3.8) is 0 Å². The van der Waals surface area contributed by atoms with Gasteiger partial charge in [0.15, 0.2) is 23.5 Å². The Hall–Kier alpha value is -2.50. The number of H-pyrrole nitrogens is 1. The number of carboxylic acids is 1. The van der Waals surface area contributed by atoms with Gasteiger partial charge in [0.05, 0.1) is 12.4 Å². The van der Waals surface area contributed by atoms with E-state index in [9.17, 15) is 14.7 Å². The van der Waals surface area contributed by atoms with Crippen LogP contribution in [-0.4, -0.2) is 60.1 Å². The molecule has 2 aliphatic heterocycles. The lowest BCUT2D eigenvalue weighted by molar-refractivity contribution is -0.152. The second-order valence-electron chi connectivity index (χ2n) is 5.49. The zero-order valence-corrected chi connectivity index (χ0v) is 11.6. The van der Waals surface area contributed by atoms with Crippen molar-refractivity contribution in [1.29, 1.82) is 0 Å². The molecule has 0 unspecified atom stereocenters. The second-order valence-corrected chi connectivity index (χ2v) is 5.49. The third kappa shape index (κ3) is 2.01. The van der Waals surface area contributed by atoms with Crippen molar-refractivity contribution < 1.29 is 24.5 Å². The number of nitrogens with zero attached hydrogens (tertiary/aromatic N) is 3. The van der Waals surface area contributed by atoms with Crippen LogP contribution in [0.3, 0.4) is 0 Å². The predicted octanol–water partition coefficient (Wildman–Crippen LogP) is -1.80. The van der Waals surface area contributed by atoms with Gasteiger partial charge in [-0.25, -0.2) is 9.78 Å². The molecule has 4 heterocycles. The number of aromatic nitrogens is 4. The van der Waals surface area contributed by atoms with Crippen LogP contribution in [0.5, 0.6) is 0 Å². The number of nitrogens with two attached hydrogens (primary N) is 1. The van der Waals surface area contributed by atoms with Gasteiger partial charge in [-0.2, -0.15) is 4.98 Å². The van der Waals surface area contributed by atoms with Crippen LogP contribution in [-0.2, 0) is 14.3 Å². The standard InChI is InChI=1S/C12H13N5O6/c13-12-15-8-5(9(19)16-12)14-2-17(8)10-6(18)7-3(23-10)1-4(22-7)11(20)21/h2-4,6-7,10,18H,1H2,(H,20,21)(H3,13,15,16,19)/t3-,4-,6+,7+,10+/m0/s1. The zero-order chi connectivity index (χ0) is 16.3. The molecule has 11 nitrogen and oxygen atoms in total. The van der Waals surface area contributed by atoms with Gasteiger partial charge in [-0.15, -0.1) is 0 Å². The van der Waals surface area contributed by atoms with Crippen LogP contribution in [0.1, 0.15) is 12.6 Å². The average molecular weight is 323 g/mol. The topological polar surface area (TPSA) is 166 Å². The fourth-order valence-corrected chi connectivity index (χ4v) is 3.05. The van der Waals surface area contributed by atoms with Crippen LogP contribution in [0.4, 0.5) is 5.95 Å². The Labute approximate surface area is 127 Å². The Morgan fingerprint density at radius 3 is 2.96 bits per heavy atom. The number of rotatable bonds is 2. The lowest BCUT2D eigenvalue weighted by Crippen LogP contribution is -2.32. The summed E-state index contributed by atoms with van der Waals surface area (Å²) in [6.07, 6.45) is -2.89. The first-order valence-corrected chi connectivity index (χ1v) is 6.90. The highest BCUT2D eigenvalue weighted by atomic mass is 16.6. The van der Waals surface area contributed by atoms with Gasteiger partial charge in [0.1, 0.15) is 12.2 Å². The molecule has 2 fully saturated rings. The van der Waals surface area contributed by atoms with Gasteiger partial charge in [-0.05, 0) is 0 Å². The summed E-state index contributed by atoms with van der Waals surface area (Å²) in [4.78, 5) is 33.0. The Balaban J connectivity index is 1.69. The van der Waals surface area contributed by atoms with E-state index in [0.717, 1.165) is 0 Å². The second kappa shape index (κ2) is 4.75. The fourth-order valence-electron chi connectivity index (χ4n) is 3.05. The number of aliphatic carboxylic acids is 1. The van der Waals surface area contributed by atoms with Crippen molar-refractivity contribution in [2.75, 3.05) is 5.73 Å². The van der Waals surface area contributed by atoms with Crippen LogP contribution in [0.2, 0.25) is 0 Å². The third-order valence-electron chi connectivity index (χ3n) is 4.08. The van der Waals surface area contributed by atoms with Gasteiger partial charge < -0.3 is 25.4 Å². The number of nitrogen functional groups attached to an aromatic ring is 1. The van der Waals surface area contributed by atoms with E-state index in [-0.39, 0.29) is 23.5 Å². The molecule has 2 aliphatic rings. The number of carbonyl (C=O) groups is 1. The zero-order valence-electron chi connectivity index (χ0n) is 11.6. The molecule has 0 radical (unpaired) electrons. The highest BCUT2D eigenvalue weighted by Crippen LogP contribution is 2.39. The molecule has 0 amide bonds. The smallest absolute Gasteiger partial charge is 0.332 e. The quantitative estimate of drug-likeness (QED) is 0.498. The lowest BCUT2D eigenvalue weighted by atomic mass is 10.1. The van der Waals surface area contributed by atoms with Crippen molar-refractivity contribution in [3.8, 4) is 0 Å². The number of nitrogens with one attached hydrogen (secondary N) is 1. The molecule has 4 rings (SSSR count). The SMILES string of the molecule is Nc1nc2c(ncn2[C@@H]2O[C@H]3C[C@@H](C(=O)O)O[C@H]3[C@H]2O)c(=O)[nH]1. The number of ether oxygens (including phenoxy) is 2. The van der Waals surface area contributed by atoms with E-state index >= 15 is 0 Å². The van der Waals surface area contributed by atoms with Gasteiger partial charge >= 0.3 is 5.97 Å². The summed E-state index contributed by atoms with van der Waals surface area (Å²) in [6, 6.07) is 0. The summed E-state index contributed by atoms with van der Waals surface area (Å²) in [5.74, 6) is -1.18. The highest BCUT2D eigenvalue weighted by Gasteiger charge is 2.53. The maximum absolute atomic E-state index is 11.8. The van der Waals surface area contributed by atoms with Crippen LogP contribution in [0.15, 0.2) is 11.1 Å². The third-order valence-corrected chi connectivity index (χ3v) is 4.08. The lowest BCUT2D eigenvalue weighted by Gasteiger charge is -2.19. The molecule has 2 aromatic rings. The molecule has 0 spiro atoms. The summed E-state index contributed by atoms with van der Waals surface area (Å²) in [5, 5.41) is 19.4. The molecule has 11 heteroatoms. The van der Waals surface area contributed by atoms with Crippen LogP contribution in [0, 0.1) is 0 Å². The maximum atomic E-state index is 11.8. The van der Waals surface area contributed by atoms with Gasteiger partial charge in [-0.1, -0.05) is 0 Å². The first kappa shape index (κ1) is 14.1. The number of aliphatic hydroxyl groups is 1. The molecule has 0 bridgehead atoms. The summed E-state index contributed by atoms with van der Waals surface area (Å²) >= 11 is 0. The predicted molar refractivity (Wildman–Crippen MR) is 73.4 cm³/mol. The molecular formula is C12H13N5O6. The number of fused-ring (bicyclic) bond motifs is 2. The highest BCUT2D eigenvalue weighted by molar-refractivity contribution is 5.73. The van der Waals surface area contributed by atoms with E-state index in [1.807, 2.05) is 0 Å². The largest absolute Gasteiger partial charge is 0.479 e. The fraction of sp³-hybridized carbons (Fsp3) is 0.500. The Kier molecular flexibility index (Phi) is 2.91. The first-order valence-electron chi connectivity index (χ1n) is 6.90. The Morgan fingerprint density at radius 1 is 1.48 bits per heavy atom. The van der Waals surface area contributed by atoms with Gasteiger partial charge in [-0.3, -0.25) is 14.3 Å². The van der Waals surface area contributed by atoms with Gasteiger partial charge in [0.2, 0.25) is 5.95 Å². The van der Waals surface area contributed by atoms with Crippen molar-refractivity contribution in [1.82, 2.24) is 19.5 Å². The van der Waals surface area contributed by atoms with E-state index in [0.29, 0.717) is 0 Å². The number of hydrogen-bond acceptors (Lipinski definition) is 8. The van der Waals surface area contributed by atoms with Crippen molar-refractivity contribution in [2.45, 2.75) is 37.1 Å². The number of imidazole rings is 1. The van der Waals surface area contributed by atoms with Crippen LogP contribution in [0.25, 0.3) is 11.2 Å². The van der Waals surface area contributed by atoms with E-state index in [1.54, 1.807) is 0 Å². The van der Waals surface area contributed by atoms with Crippen molar-refractivity contribution >= 4 is 23.1 Å². The molecular weight excluding hydrogens is 310 g/mol. The average Bonchev–Trinajstić information content (AvgIpc) is 3.13. The molecule has 5 N–H and O–H groups in total. The minimum Gasteiger partial charge on any atom is -0.479 e. The van der Waals surface area contributed by atoms with Gasteiger partial charge in [0.25, 0.3) is 5.56 Å². The molecule has 2 aromatic heterocycles. The van der Waals surface area contributed by atoms with Crippen molar-refractivity contribution in [2.24, 2.45) is 0 Å². The molecule has 2 saturated heterocycles. The van der Waals surface area contributed by atoms with E-state index in [2.05, 4.69) is 15.0 Å². The maximum Gasteiger partial charge on any atom is 0.332 e. The number of carboxylic acid groups (broad SMARTS) is 1. The van der Waals surface area contributed by atoms with Crippen molar-refractivity contribution in [3.05, 3.63) is 16.7 Å². The molecule has 5 atom stereocenters.